The van der Waals surface area contributed by atoms with Crippen LogP contribution in [-0.2, 0) is 4.74 Å². The summed E-state index contributed by atoms with van der Waals surface area (Å²) in [5, 5.41) is 10.8. The maximum Gasteiger partial charge on any atom is 0.338 e. The van der Waals surface area contributed by atoms with Crippen LogP contribution in [0.3, 0.4) is 0 Å². The minimum atomic E-state index is -0.388. The molecule has 1 aromatic heterocycles. The molecule has 0 saturated heterocycles. The van der Waals surface area contributed by atoms with Gasteiger partial charge in [0.25, 0.3) is 0 Å². The first kappa shape index (κ1) is 9.51. The average Bonchev–Trinajstić information content (AvgIpc) is 2.04. The minimum Gasteiger partial charge on any atom is -0.619 e. The van der Waals surface area contributed by atoms with Crippen LogP contribution in [0.15, 0.2) is 18.5 Å². The van der Waals surface area contributed by atoms with Gasteiger partial charge < -0.3 is 9.94 Å². The maximum atomic E-state index is 11.2. The lowest BCUT2D eigenvalue weighted by Gasteiger charge is -2.04. The highest BCUT2D eigenvalue weighted by molar-refractivity contribution is 5.90. The average molecular weight is 181 g/mol. The van der Waals surface area contributed by atoms with E-state index in [0.717, 1.165) is 0 Å². The van der Waals surface area contributed by atoms with Crippen molar-refractivity contribution in [3.63, 3.8) is 0 Å². The fraction of sp³-hybridized carbons (Fsp3) is 0.333. The molecule has 0 amide bonds. The second-order valence-electron chi connectivity index (χ2n) is 2.62. The van der Waals surface area contributed by atoms with Crippen molar-refractivity contribution in [3.8, 4) is 0 Å². The normalized spacial score (nSPS) is 9.69. The largest absolute Gasteiger partial charge is 0.619 e. The topological polar surface area (TPSA) is 53.2 Å². The van der Waals surface area contributed by atoms with Gasteiger partial charge >= 0.3 is 5.97 Å². The molecule has 0 aliphatic heterocycles. The van der Waals surface area contributed by atoms with E-state index in [9.17, 15) is 10.0 Å². The van der Waals surface area contributed by atoms with Gasteiger partial charge in [-0.1, -0.05) is 0 Å². The number of hydrogen-bond acceptors (Lipinski definition) is 3. The van der Waals surface area contributed by atoms with Crippen molar-refractivity contribution in [2.75, 3.05) is 6.61 Å². The molecule has 0 atom stereocenters. The molecule has 1 rings (SSSR count). The summed E-state index contributed by atoms with van der Waals surface area (Å²) in [6.45, 7) is 3.77. The number of pyridine rings is 1. The van der Waals surface area contributed by atoms with Gasteiger partial charge in [-0.05, 0) is 13.8 Å². The van der Waals surface area contributed by atoms with E-state index in [4.69, 9.17) is 4.74 Å². The van der Waals surface area contributed by atoms with Crippen LogP contribution in [0, 0.1) is 12.1 Å². The Morgan fingerprint density at radius 1 is 1.69 bits per heavy atom. The van der Waals surface area contributed by atoms with E-state index in [1.807, 2.05) is 0 Å². The van der Waals surface area contributed by atoms with Gasteiger partial charge in [0.15, 0.2) is 12.4 Å². The van der Waals surface area contributed by atoms with Gasteiger partial charge in [-0.2, -0.15) is 4.73 Å². The van der Waals surface area contributed by atoms with Crippen LogP contribution in [0.5, 0.6) is 0 Å². The molecule has 1 heterocycles. The first-order chi connectivity index (χ1) is 6.15. The van der Waals surface area contributed by atoms with Gasteiger partial charge in [0.1, 0.15) is 0 Å². The lowest BCUT2D eigenvalue weighted by atomic mass is 10.2. The van der Waals surface area contributed by atoms with Crippen molar-refractivity contribution < 1.29 is 14.3 Å². The smallest absolute Gasteiger partial charge is 0.338 e. The number of rotatable bonds is 2. The summed E-state index contributed by atoms with van der Waals surface area (Å²) in [6.07, 6.45) is 2.62. The van der Waals surface area contributed by atoms with E-state index in [1.54, 1.807) is 13.8 Å². The van der Waals surface area contributed by atoms with Crippen molar-refractivity contribution in [1.29, 1.82) is 0 Å². The number of hydrogen-bond donors (Lipinski definition) is 0. The first-order valence-electron chi connectivity index (χ1n) is 4.01. The molecule has 70 valence electrons. The van der Waals surface area contributed by atoms with Gasteiger partial charge in [-0.3, -0.25) is 0 Å². The molecule has 0 aliphatic carbocycles. The van der Waals surface area contributed by atoms with Gasteiger partial charge in [0, 0.05) is 11.6 Å². The highest BCUT2D eigenvalue weighted by Crippen LogP contribution is 2.05. The van der Waals surface area contributed by atoms with Crippen molar-refractivity contribution in [2.45, 2.75) is 13.8 Å². The highest BCUT2D eigenvalue weighted by Gasteiger charge is 2.11. The quantitative estimate of drug-likeness (QED) is 0.385. The number of esters is 1. The second-order valence-corrected chi connectivity index (χ2v) is 2.62. The van der Waals surface area contributed by atoms with Crippen molar-refractivity contribution in [3.05, 3.63) is 34.8 Å². The fourth-order valence-electron chi connectivity index (χ4n) is 1.02. The lowest BCUT2D eigenvalue weighted by molar-refractivity contribution is -0.605. The SMILES string of the molecule is CCOC(=O)c1cc[n+]([O-])cc1C. The molecule has 4 nitrogen and oxygen atoms in total. The van der Waals surface area contributed by atoms with Crippen LogP contribution in [0.4, 0.5) is 0 Å². The van der Waals surface area contributed by atoms with Gasteiger partial charge in [0.05, 0.1) is 12.2 Å². The summed E-state index contributed by atoms with van der Waals surface area (Å²) in [4.78, 5) is 11.2. The Hall–Kier alpha value is -1.58. The summed E-state index contributed by atoms with van der Waals surface area (Å²) in [5.74, 6) is -0.388. The van der Waals surface area contributed by atoms with Gasteiger partial charge in [-0.15, -0.1) is 0 Å². The number of carbonyl (C=O) groups is 1. The number of aryl methyl sites for hydroxylation is 1. The zero-order chi connectivity index (χ0) is 9.84. The summed E-state index contributed by atoms with van der Waals surface area (Å²) in [6, 6.07) is 1.46. The maximum absolute atomic E-state index is 11.2. The third-order valence-electron chi connectivity index (χ3n) is 1.63. The van der Waals surface area contributed by atoms with E-state index in [2.05, 4.69) is 0 Å². The zero-order valence-electron chi connectivity index (χ0n) is 7.61. The van der Waals surface area contributed by atoms with Crippen LogP contribution in [0.1, 0.15) is 22.8 Å². The Labute approximate surface area is 76.3 Å². The Kier molecular flexibility index (Phi) is 2.84. The van der Waals surface area contributed by atoms with Crippen LogP contribution in [0.2, 0.25) is 0 Å². The Balaban J connectivity index is 2.95. The molecule has 0 N–H and O–H groups in total. The van der Waals surface area contributed by atoms with Crippen molar-refractivity contribution in [1.82, 2.24) is 0 Å². The van der Waals surface area contributed by atoms with Crippen molar-refractivity contribution >= 4 is 5.97 Å². The summed E-state index contributed by atoms with van der Waals surface area (Å²) >= 11 is 0. The molecular formula is C9H11NO3. The Morgan fingerprint density at radius 2 is 2.38 bits per heavy atom. The van der Waals surface area contributed by atoms with Crippen LogP contribution in [-0.4, -0.2) is 12.6 Å². The van der Waals surface area contributed by atoms with E-state index < -0.39 is 0 Å². The standard InChI is InChI=1S/C9H11NO3/c1-3-13-9(11)8-4-5-10(12)6-7(8)2/h4-6H,3H2,1-2H3. The molecule has 0 saturated carbocycles. The summed E-state index contributed by atoms with van der Waals surface area (Å²) < 4.78 is 5.45. The zero-order valence-corrected chi connectivity index (χ0v) is 7.61. The lowest BCUT2D eigenvalue weighted by Crippen LogP contribution is -2.26. The molecule has 0 aliphatic rings. The summed E-state index contributed by atoms with van der Waals surface area (Å²) in [7, 11) is 0. The number of ether oxygens (including phenoxy) is 1. The van der Waals surface area contributed by atoms with E-state index in [-0.39, 0.29) is 5.97 Å². The predicted octanol–water partition coefficient (Wildman–Crippen LogP) is 0.805. The fourth-order valence-corrected chi connectivity index (χ4v) is 1.02. The molecule has 0 fully saturated rings. The molecule has 0 spiro atoms. The monoisotopic (exact) mass is 181 g/mol. The van der Waals surface area contributed by atoms with Crippen molar-refractivity contribution in [2.24, 2.45) is 0 Å². The second kappa shape index (κ2) is 3.89. The highest BCUT2D eigenvalue weighted by atomic mass is 16.5. The van der Waals surface area contributed by atoms with Crippen LogP contribution in [0.25, 0.3) is 0 Å². The molecule has 0 radical (unpaired) electrons. The molecule has 0 unspecified atom stereocenters. The number of nitrogens with zero attached hydrogens (tertiary/aromatic N) is 1. The van der Waals surface area contributed by atoms with E-state index in [0.29, 0.717) is 22.5 Å². The van der Waals surface area contributed by atoms with E-state index in [1.165, 1.54) is 18.5 Å². The third kappa shape index (κ3) is 2.18. The summed E-state index contributed by atoms with van der Waals surface area (Å²) in [5.41, 5.74) is 1.06. The molecule has 0 bridgehead atoms. The Morgan fingerprint density at radius 3 is 2.92 bits per heavy atom. The molecular weight excluding hydrogens is 170 g/mol. The van der Waals surface area contributed by atoms with Crippen LogP contribution >= 0.6 is 0 Å². The number of aromatic nitrogens is 1. The van der Waals surface area contributed by atoms with Gasteiger partial charge in [0.2, 0.25) is 0 Å². The molecule has 0 aromatic carbocycles. The Bertz CT molecular complexity index is 323. The van der Waals surface area contributed by atoms with Crippen LogP contribution < -0.4 is 4.73 Å². The third-order valence-corrected chi connectivity index (χ3v) is 1.63. The molecule has 4 heteroatoms. The minimum absolute atomic E-state index is 0.338. The van der Waals surface area contributed by atoms with E-state index >= 15 is 0 Å². The first-order valence-corrected chi connectivity index (χ1v) is 4.01. The van der Waals surface area contributed by atoms with Gasteiger partial charge in [-0.25, -0.2) is 4.79 Å². The predicted molar refractivity (Wildman–Crippen MR) is 46.1 cm³/mol. The molecule has 1 aromatic rings. The number of carbonyl (C=O) groups excluding carboxylic acids is 1. The molecule has 13 heavy (non-hydrogen) atoms.